The van der Waals surface area contributed by atoms with Gasteiger partial charge in [0.2, 0.25) is 0 Å². The number of thioether (sulfide) groups is 1. The van der Waals surface area contributed by atoms with Crippen molar-refractivity contribution in [2.45, 2.75) is 49.4 Å². The molecule has 0 atom stereocenters. The molecule has 1 saturated carbocycles. The summed E-state index contributed by atoms with van der Waals surface area (Å²) in [4.78, 5) is 1.36. The Labute approximate surface area is 115 Å². The van der Waals surface area contributed by atoms with E-state index in [0.717, 1.165) is 25.7 Å². The maximum Gasteiger partial charge on any atom is 0.0206 e. The second-order valence-corrected chi connectivity index (χ2v) is 6.87. The van der Waals surface area contributed by atoms with Gasteiger partial charge in [-0.1, -0.05) is 26.0 Å². The van der Waals surface area contributed by atoms with Crippen LogP contribution in [0.15, 0.2) is 29.2 Å². The minimum absolute atomic E-state index is 0.655. The van der Waals surface area contributed by atoms with Gasteiger partial charge in [0.1, 0.15) is 0 Å². The first-order valence-electron chi connectivity index (χ1n) is 6.94. The van der Waals surface area contributed by atoms with Crippen molar-refractivity contribution in [2.75, 3.05) is 13.1 Å². The molecule has 2 rings (SSSR count). The first-order chi connectivity index (χ1) is 8.74. The highest BCUT2D eigenvalue weighted by molar-refractivity contribution is 7.99. The van der Waals surface area contributed by atoms with Gasteiger partial charge in [0.05, 0.1) is 0 Å². The van der Waals surface area contributed by atoms with Crippen LogP contribution in [0, 0.1) is 0 Å². The van der Waals surface area contributed by atoms with Crippen molar-refractivity contribution in [3.63, 3.8) is 0 Å². The summed E-state index contributed by atoms with van der Waals surface area (Å²) in [5.74, 6) is 0. The van der Waals surface area contributed by atoms with Crippen molar-refractivity contribution in [1.29, 1.82) is 0 Å². The van der Waals surface area contributed by atoms with Gasteiger partial charge < -0.3 is 10.6 Å². The van der Waals surface area contributed by atoms with Gasteiger partial charge in [-0.05, 0) is 30.5 Å². The van der Waals surface area contributed by atoms with Crippen LogP contribution in [0.3, 0.4) is 0 Å². The van der Waals surface area contributed by atoms with E-state index in [1.54, 1.807) is 0 Å². The molecule has 0 unspecified atom stereocenters. The zero-order valence-corrected chi connectivity index (χ0v) is 12.2. The Kier molecular flexibility index (Phi) is 5.54. The number of nitrogens with one attached hydrogen (secondary N) is 2. The van der Waals surface area contributed by atoms with E-state index >= 15 is 0 Å². The molecule has 1 fully saturated rings. The van der Waals surface area contributed by atoms with E-state index in [0.29, 0.717) is 5.25 Å². The Morgan fingerprint density at radius 2 is 1.89 bits per heavy atom. The highest BCUT2D eigenvalue weighted by atomic mass is 32.2. The van der Waals surface area contributed by atoms with Crippen molar-refractivity contribution in [2.24, 2.45) is 0 Å². The summed E-state index contributed by atoms with van der Waals surface area (Å²) in [6, 6.07) is 9.73. The van der Waals surface area contributed by atoms with Gasteiger partial charge >= 0.3 is 0 Å². The van der Waals surface area contributed by atoms with Gasteiger partial charge in [0.15, 0.2) is 0 Å². The van der Waals surface area contributed by atoms with E-state index in [-0.39, 0.29) is 0 Å². The fourth-order valence-electron chi connectivity index (χ4n) is 1.84. The quantitative estimate of drug-likeness (QED) is 0.557. The largest absolute Gasteiger partial charge is 0.313 e. The third-order valence-corrected chi connectivity index (χ3v) is 3.95. The maximum atomic E-state index is 3.51. The van der Waals surface area contributed by atoms with Gasteiger partial charge in [-0.2, -0.15) is 0 Å². The van der Waals surface area contributed by atoms with Gasteiger partial charge in [-0.25, -0.2) is 0 Å². The van der Waals surface area contributed by atoms with Crippen LogP contribution in [-0.2, 0) is 6.54 Å². The molecule has 0 saturated heterocycles. The molecule has 0 amide bonds. The third-order valence-electron chi connectivity index (χ3n) is 2.94. The smallest absolute Gasteiger partial charge is 0.0206 e. The SMILES string of the molecule is CC(C)Sc1ccc(CNCCNC2CC2)cc1. The molecule has 1 aromatic carbocycles. The second-order valence-electron chi connectivity index (χ2n) is 5.22. The maximum absolute atomic E-state index is 3.51. The average Bonchev–Trinajstić information content (AvgIpc) is 3.14. The van der Waals surface area contributed by atoms with E-state index < -0.39 is 0 Å². The molecule has 0 spiro atoms. The fraction of sp³-hybridized carbons (Fsp3) is 0.600. The predicted octanol–water partition coefficient (Wildman–Crippen LogP) is 3.03. The zero-order chi connectivity index (χ0) is 12.8. The van der Waals surface area contributed by atoms with Crippen molar-refractivity contribution in [3.05, 3.63) is 29.8 Å². The molecule has 3 heteroatoms. The highest BCUT2D eigenvalue weighted by Gasteiger charge is 2.19. The summed E-state index contributed by atoms with van der Waals surface area (Å²) in [6.45, 7) is 7.57. The van der Waals surface area contributed by atoms with E-state index in [4.69, 9.17) is 0 Å². The lowest BCUT2D eigenvalue weighted by Crippen LogP contribution is -2.28. The lowest BCUT2D eigenvalue weighted by molar-refractivity contribution is 0.608. The molecular formula is C15H24N2S. The van der Waals surface area contributed by atoms with Crippen molar-refractivity contribution in [1.82, 2.24) is 10.6 Å². The molecule has 0 aromatic heterocycles. The molecule has 100 valence electrons. The molecular weight excluding hydrogens is 240 g/mol. The monoisotopic (exact) mass is 264 g/mol. The molecule has 2 nitrogen and oxygen atoms in total. The Balaban J connectivity index is 1.62. The van der Waals surface area contributed by atoms with Crippen molar-refractivity contribution < 1.29 is 0 Å². The van der Waals surface area contributed by atoms with Crippen molar-refractivity contribution >= 4 is 11.8 Å². The highest BCUT2D eigenvalue weighted by Crippen LogP contribution is 2.22. The van der Waals surface area contributed by atoms with Crippen LogP contribution < -0.4 is 10.6 Å². The average molecular weight is 264 g/mol. The van der Waals surface area contributed by atoms with Gasteiger partial charge in [0, 0.05) is 35.8 Å². The van der Waals surface area contributed by atoms with Crippen LogP contribution in [-0.4, -0.2) is 24.4 Å². The Hall–Kier alpha value is -0.510. The van der Waals surface area contributed by atoms with E-state index in [9.17, 15) is 0 Å². The second kappa shape index (κ2) is 7.17. The van der Waals surface area contributed by atoms with Gasteiger partial charge in [0.25, 0.3) is 0 Å². The van der Waals surface area contributed by atoms with Crippen LogP contribution in [0.25, 0.3) is 0 Å². The van der Waals surface area contributed by atoms with E-state index in [1.165, 1.54) is 23.3 Å². The van der Waals surface area contributed by atoms with Crippen LogP contribution in [0.1, 0.15) is 32.3 Å². The summed E-state index contributed by atoms with van der Waals surface area (Å²) in [5, 5.41) is 7.64. The molecule has 0 heterocycles. The minimum atomic E-state index is 0.655. The van der Waals surface area contributed by atoms with Crippen LogP contribution in [0.4, 0.5) is 0 Å². The molecule has 0 radical (unpaired) electrons. The van der Waals surface area contributed by atoms with E-state index in [1.807, 2.05) is 11.8 Å². The van der Waals surface area contributed by atoms with Crippen molar-refractivity contribution in [3.8, 4) is 0 Å². The van der Waals surface area contributed by atoms with E-state index in [2.05, 4.69) is 48.7 Å². The van der Waals surface area contributed by atoms with Gasteiger partial charge in [-0.15, -0.1) is 11.8 Å². The molecule has 1 aromatic rings. The topological polar surface area (TPSA) is 24.1 Å². The summed E-state index contributed by atoms with van der Waals surface area (Å²) in [7, 11) is 0. The standard InChI is InChI=1S/C15H24N2S/c1-12(2)18-15-7-3-13(4-8-15)11-16-9-10-17-14-5-6-14/h3-4,7-8,12,14,16-17H,5-6,9-11H2,1-2H3. The summed E-state index contributed by atoms with van der Waals surface area (Å²) in [6.07, 6.45) is 2.74. The summed E-state index contributed by atoms with van der Waals surface area (Å²) in [5.41, 5.74) is 1.37. The lowest BCUT2D eigenvalue weighted by Gasteiger charge is -2.08. The van der Waals surface area contributed by atoms with Crippen LogP contribution in [0.5, 0.6) is 0 Å². The normalized spacial score (nSPS) is 15.3. The Morgan fingerprint density at radius 3 is 2.50 bits per heavy atom. The number of hydrogen-bond donors (Lipinski definition) is 2. The molecule has 18 heavy (non-hydrogen) atoms. The molecule has 2 N–H and O–H groups in total. The molecule has 0 bridgehead atoms. The fourth-order valence-corrected chi connectivity index (χ4v) is 2.68. The summed E-state index contributed by atoms with van der Waals surface area (Å²) >= 11 is 1.92. The molecule has 0 aliphatic heterocycles. The minimum Gasteiger partial charge on any atom is -0.313 e. The Bertz CT molecular complexity index is 344. The Morgan fingerprint density at radius 1 is 1.17 bits per heavy atom. The predicted molar refractivity (Wildman–Crippen MR) is 80.2 cm³/mol. The third kappa shape index (κ3) is 5.42. The van der Waals surface area contributed by atoms with Crippen LogP contribution in [0.2, 0.25) is 0 Å². The first kappa shape index (κ1) is 13.9. The molecule has 1 aliphatic carbocycles. The number of rotatable bonds is 8. The lowest BCUT2D eigenvalue weighted by atomic mass is 10.2. The molecule has 1 aliphatic rings. The summed E-state index contributed by atoms with van der Waals surface area (Å²) < 4.78 is 0. The zero-order valence-electron chi connectivity index (χ0n) is 11.4. The van der Waals surface area contributed by atoms with Gasteiger partial charge in [-0.3, -0.25) is 0 Å². The number of benzene rings is 1. The van der Waals surface area contributed by atoms with Crippen LogP contribution >= 0.6 is 11.8 Å². The number of hydrogen-bond acceptors (Lipinski definition) is 3. The first-order valence-corrected chi connectivity index (χ1v) is 7.81.